The van der Waals surface area contributed by atoms with Crippen LogP contribution in [0.1, 0.15) is 39.6 Å². The fourth-order valence-corrected chi connectivity index (χ4v) is 4.07. The van der Waals surface area contributed by atoms with Crippen LogP contribution in [0.5, 0.6) is 0 Å². The van der Waals surface area contributed by atoms with Gasteiger partial charge in [0.1, 0.15) is 5.82 Å². The summed E-state index contributed by atoms with van der Waals surface area (Å²) in [6.07, 6.45) is 2.01. The van der Waals surface area contributed by atoms with Crippen LogP contribution < -0.4 is 16.0 Å². The fourth-order valence-electron chi connectivity index (χ4n) is 3.10. The average Bonchev–Trinajstić information content (AvgIpc) is 3.04. The summed E-state index contributed by atoms with van der Waals surface area (Å²) in [7, 11) is 1.50. The molecule has 1 aliphatic carbocycles. The van der Waals surface area contributed by atoms with Crippen LogP contribution in [-0.4, -0.2) is 41.2 Å². The van der Waals surface area contributed by atoms with Crippen molar-refractivity contribution in [3.63, 3.8) is 0 Å². The SMILES string of the molecule is CCNc1ccc(C(=O)C2C(=O)c3sc(NC(=O)NC)nc3CC2C)cn1. The third-order valence-corrected chi connectivity index (χ3v) is 5.45. The van der Waals surface area contributed by atoms with Crippen LogP contribution in [-0.2, 0) is 6.42 Å². The number of carbonyl (C=O) groups is 3. The van der Waals surface area contributed by atoms with Crippen molar-refractivity contribution in [3.05, 3.63) is 34.5 Å². The number of ketones is 2. The number of amides is 2. The fraction of sp³-hybridized carbons (Fsp3) is 0.389. The summed E-state index contributed by atoms with van der Waals surface area (Å²) in [5.74, 6) is -0.736. The minimum atomic E-state index is -0.766. The number of thiazole rings is 1. The molecule has 3 N–H and O–H groups in total. The van der Waals surface area contributed by atoms with Crippen molar-refractivity contribution in [2.75, 3.05) is 24.2 Å². The molecule has 1 aliphatic rings. The van der Waals surface area contributed by atoms with E-state index in [1.165, 1.54) is 13.2 Å². The molecule has 3 rings (SSSR count). The highest BCUT2D eigenvalue weighted by Crippen LogP contribution is 2.36. The summed E-state index contributed by atoms with van der Waals surface area (Å²) >= 11 is 1.10. The van der Waals surface area contributed by atoms with Crippen LogP contribution in [0.25, 0.3) is 0 Å². The van der Waals surface area contributed by atoms with E-state index < -0.39 is 11.9 Å². The van der Waals surface area contributed by atoms with Gasteiger partial charge < -0.3 is 10.6 Å². The lowest BCUT2D eigenvalue weighted by molar-refractivity contribution is 0.0747. The summed E-state index contributed by atoms with van der Waals surface area (Å²) < 4.78 is 0. The smallest absolute Gasteiger partial charge is 0.320 e. The number of rotatable bonds is 5. The van der Waals surface area contributed by atoms with E-state index in [0.29, 0.717) is 33.5 Å². The highest BCUT2D eigenvalue weighted by Gasteiger charge is 2.40. The molecule has 0 spiro atoms. The van der Waals surface area contributed by atoms with Crippen LogP contribution in [0.15, 0.2) is 18.3 Å². The van der Waals surface area contributed by atoms with Crippen LogP contribution in [0.4, 0.5) is 15.7 Å². The topological polar surface area (TPSA) is 113 Å². The number of carbonyl (C=O) groups excluding carboxylic acids is 3. The zero-order chi connectivity index (χ0) is 19.6. The van der Waals surface area contributed by atoms with Gasteiger partial charge in [-0.1, -0.05) is 18.3 Å². The van der Waals surface area contributed by atoms with Crippen molar-refractivity contribution >= 4 is 39.9 Å². The summed E-state index contributed by atoms with van der Waals surface area (Å²) in [4.78, 5) is 46.4. The Balaban J connectivity index is 1.84. The van der Waals surface area contributed by atoms with Crippen molar-refractivity contribution in [1.29, 1.82) is 0 Å². The average molecular weight is 387 g/mol. The Labute approximate surface area is 160 Å². The molecule has 2 atom stereocenters. The molecular formula is C18H21N5O3S. The zero-order valence-corrected chi connectivity index (χ0v) is 16.1. The Kier molecular flexibility index (Phi) is 5.50. The molecule has 9 heteroatoms. The first kappa shape index (κ1) is 19.0. The summed E-state index contributed by atoms with van der Waals surface area (Å²) in [6, 6.07) is 3.02. The van der Waals surface area contributed by atoms with Gasteiger partial charge in [0.15, 0.2) is 16.7 Å². The molecule has 0 fully saturated rings. The van der Waals surface area contributed by atoms with Crippen molar-refractivity contribution in [2.24, 2.45) is 11.8 Å². The largest absolute Gasteiger partial charge is 0.370 e. The van der Waals surface area contributed by atoms with Crippen LogP contribution in [0, 0.1) is 11.8 Å². The van der Waals surface area contributed by atoms with Gasteiger partial charge in [-0.05, 0) is 31.4 Å². The second-order valence-electron chi connectivity index (χ2n) is 6.35. The Morgan fingerprint density at radius 3 is 2.74 bits per heavy atom. The first-order valence-corrected chi connectivity index (χ1v) is 9.53. The maximum Gasteiger partial charge on any atom is 0.320 e. The molecule has 0 bridgehead atoms. The summed E-state index contributed by atoms with van der Waals surface area (Å²) in [5, 5.41) is 8.45. The minimum absolute atomic E-state index is 0.180. The maximum absolute atomic E-state index is 13.0. The molecule has 27 heavy (non-hydrogen) atoms. The minimum Gasteiger partial charge on any atom is -0.370 e. The van der Waals surface area contributed by atoms with Gasteiger partial charge in [0, 0.05) is 25.4 Å². The van der Waals surface area contributed by atoms with E-state index >= 15 is 0 Å². The standard InChI is InChI=1S/C18H21N5O3S/c1-4-20-12-6-5-10(8-21-12)14(24)13-9(2)7-11-16(15(13)25)27-18(22-11)23-17(26)19-3/h5-6,8-9,13H,4,7H2,1-3H3,(H,20,21)(H2,19,22,23,26). The predicted octanol–water partition coefficient (Wildman–Crippen LogP) is 2.60. The molecule has 0 aliphatic heterocycles. The zero-order valence-electron chi connectivity index (χ0n) is 15.3. The molecule has 2 unspecified atom stereocenters. The number of nitrogens with zero attached hydrogens (tertiary/aromatic N) is 2. The van der Waals surface area contributed by atoms with Crippen molar-refractivity contribution in [3.8, 4) is 0 Å². The van der Waals surface area contributed by atoms with Crippen LogP contribution >= 0.6 is 11.3 Å². The second-order valence-corrected chi connectivity index (χ2v) is 7.35. The molecule has 2 aromatic heterocycles. The van der Waals surface area contributed by atoms with E-state index in [4.69, 9.17) is 0 Å². The number of hydrogen-bond acceptors (Lipinski definition) is 7. The van der Waals surface area contributed by atoms with Gasteiger partial charge in [0.05, 0.1) is 16.5 Å². The highest BCUT2D eigenvalue weighted by molar-refractivity contribution is 7.17. The Hall–Kier alpha value is -2.81. The summed E-state index contributed by atoms with van der Waals surface area (Å²) in [6.45, 7) is 4.57. The van der Waals surface area contributed by atoms with E-state index in [1.807, 2.05) is 13.8 Å². The third kappa shape index (κ3) is 3.82. The molecule has 0 aromatic carbocycles. The molecule has 2 aromatic rings. The second kappa shape index (κ2) is 7.83. The number of anilines is 2. The lowest BCUT2D eigenvalue weighted by Crippen LogP contribution is -2.35. The van der Waals surface area contributed by atoms with E-state index in [0.717, 1.165) is 17.9 Å². The van der Waals surface area contributed by atoms with Gasteiger partial charge in [-0.15, -0.1) is 0 Å². The van der Waals surface area contributed by atoms with Crippen LogP contribution in [0.2, 0.25) is 0 Å². The van der Waals surface area contributed by atoms with Crippen molar-refractivity contribution in [1.82, 2.24) is 15.3 Å². The number of fused-ring (bicyclic) bond motifs is 1. The number of hydrogen-bond donors (Lipinski definition) is 3. The molecule has 8 nitrogen and oxygen atoms in total. The van der Waals surface area contributed by atoms with E-state index in [2.05, 4.69) is 25.9 Å². The van der Waals surface area contributed by atoms with Gasteiger partial charge in [-0.3, -0.25) is 14.9 Å². The first-order chi connectivity index (χ1) is 12.9. The number of aromatic nitrogens is 2. The van der Waals surface area contributed by atoms with E-state index in [1.54, 1.807) is 12.1 Å². The maximum atomic E-state index is 13.0. The number of pyridine rings is 1. The molecule has 2 amide bonds. The molecule has 0 saturated carbocycles. The number of urea groups is 1. The van der Waals surface area contributed by atoms with Crippen molar-refractivity contribution in [2.45, 2.75) is 20.3 Å². The molecule has 2 heterocycles. The normalized spacial score (nSPS) is 18.6. The Morgan fingerprint density at radius 1 is 1.33 bits per heavy atom. The molecule has 0 saturated heterocycles. The van der Waals surface area contributed by atoms with Gasteiger partial charge in [-0.2, -0.15) is 0 Å². The molecular weight excluding hydrogens is 366 g/mol. The van der Waals surface area contributed by atoms with E-state index in [-0.39, 0.29) is 17.5 Å². The Bertz CT molecular complexity index is 878. The summed E-state index contributed by atoms with van der Waals surface area (Å²) in [5.41, 5.74) is 1.05. The van der Waals surface area contributed by atoms with E-state index in [9.17, 15) is 14.4 Å². The monoisotopic (exact) mass is 387 g/mol. The highest BCUT2D eigenvalue weighted by atomic mass is 32.1. The van der Waals surface area contributed by atoms with Crippen molar-refractivity contribution < 1.29 is 14.4 Å². The van der Waals surface area contributed by atoms with Gasteiger partial charge >= 0.3 is 6.03 Å². The first-order valence-electron chi connectivity index (χ1n) is 8.71. The van der Waals surface area contributed by atoms with Gasteiger partial charge in [0.25, 0.3) is 0 Å². The van der Waals surface area contributed by atoms with Crippen LogP contribution in [0.3, 0.4) is 0 Å². The lowest BCUT2D eigenvalue weighted by atomic mass is 9.77. The predicted molar refractivity (Wildman–Crippen MR) is 104 cm³/mol. The number of Topliss-reactive ketones (excluding diaryl/α,β-unsaturated/α-hetero) is 2. The third-order valence-electron chi connectivity index (χ3n) is 4.42. The van der Waals surface area contributed by atoms with Gasteiger partial charge in [0.2, 0.25) is 0 Å². The van der Waals surface area contributed by atoms with Gasteiger partial charge in [-0.25, -0.2) is 14.8 Å². The number of nitrogens with one attached hydrogen (secondary N) is 3. The molecule has 142 valence electrons. The Morgan fingerprint density at radius 2 is 2.11 bits per heavy atom. The molecule has 0 radical (unpaired) electrons. The quantitative estimate of drug-likeness (QED) is 0.537. The lowest BCUT2D eigenvalue weighted by Gasteiger charge is -2.25.